The predicted molar refractivity (Wildman–Crippen MR) is 97.5 cm³/mol. The number of nitrogens with zero attached hydrogens (tertiary/aromatic N) is 3. The molecule has 0 bridgehead atoms. The fourth-order valence-corrected chi connectivity index (χ4v) is 2.31. The van der Waals surface area contributed by atoms with E-state index in [-0.39, 0.29) is 24.8 Å². The molecule has 0 fully saturated rings. The number of rotatable bonds is 8. The zero-order valence-electron chi connectivity index (χ0n) is 15.0. The molecule has 1 heterocycles. The Labute approximate surface area is 160 Å². The first-order valence-electron chi connectivity index (χ1n) is 8.50. The Kier molecular flexibility index (Phi) is 5.95. The number of carbonyl (C=O) groups excluding carboxylic acids is 1. The average Bonchev–Trinajstić information content (AvgIpc) is 3.20. The number of esters is 1. The number of aromatic nitrogens is 2. The van der Waals surface area contributed by atoms with Crippen LogP contribution in [0.1, 0.15) is 18.4 Å². The van der Waals surface area contributed by atoms with E-state index in [1.54, 1.807) is 0 Å². The molecule has 9 nitrogen and oxygen atoms in total. The van der Waals surface area contributed by atoms with Crippen molar-refractivity contribution in [3.8, 4) is 17.1 Å². The van der Waals surface area contributed by atoms with Crippen LogP contribution in [-0.2, 0) is 22.6 Å². The average molecular weight is 383 g/mol. The van der Waals surface area contributed by atoms with Gasteiger partial charge in [0.2, 0.25) is 5.82 Å². The fraction of sp³-hybridized carbons (Fsp3) is 0.211. The van der Waals surface area contributed by atoms with E-state index in [2.05, 4.69) is 17.1 Å². The van der Waals surface area contributed by atoms with Gasteiger partial charge in [-0.2, -0.15) is 4.98 Å². The van der Waals surface area contributed by atoms with Crippen molar-refractivity contribution >= 4 is 11.7 Å². The highest BCUT2D eigenvalue weighted by Crippen LogP contribution is 2.18. The third-order valence-electron chi connectivity index (χ3n) is 3.85. The van der Waals surface area contributed by atoms with Crippen LogP contribution in [0, 0.1) is 10.1 Å². The van der Waals surface area contributed by atoms with Crippen LogP contribution >= 0.6 is 0 Å². The van der Waals surface area contributed by atoms with Gasteiger partial charge in [-0.15, -0.1) is 0 Å². The minimum atomic E-state index is -0.634. The molecular weight excluding hydrogens is 366 g/mol. The van der Waals surface area contributed by atoms with E-state index < -0.39 is 10.9 Å². The first-order valence-corrected chi connectivity index (χ1v) is 8.50. The molecule has 0 saturated heterocycles. The molecule has 0 aliphatic carbocycles. The van der Waals surface area contributed by atoms with Gasteiger partial charge in [0.1, 0.15) is 5.75 Å². The van der Waals surface area contributed by atoms with Gasteiger partial charge in [0.25, 0.3) is 11.6 Å². The van der Waals surface area contributed by atoms with Crippen molar-refractivity contribution < 1.29 is 23.7 Å². The normalized spacial score (nSPS) is 10.5. The quantitative estimate of drug-likeness (QED) is 0.330. The third-order valence-corrected chi connectivity index (χ3v) is 3.85. The van der Waals surface area contributed by atoms with Gasteiger partial charge < -0.3 is 14.0 Å². The molecule has 0 N–H and O–H groups in total. The van der Waals surface area contributed by atoms with Crippen molar-refractivity contribution in [3.63, 3.8) is 0 Å². The van der Waals surface area contributed by atoms with Crippen molar-refractivity contribution in [1.82, 2.24) is 10.1 Å². The van der Waals surface area contributed by atoms with Crippen molar-refractivity contribution in [2.75, 3.05) is 6.61 Å². The van der Waals surface area contributed by atoms with Gasteiger partial charge in [0.15, 0.2) is 13.2 Å². The van der Waals surface area contributed by atoms with E-state index in [9.17, 15) is 14.9 Å². The molecule has 2 aromatic carbocycles. The number of carbonyl (C=O) groups is 1. The Balaban J connectivity index is 1.48. The number of non-ortho nitro benzene ring substituents is 1. The minimum Gasteiger partial charge on any atom is -0.482 e. The second-order valence-corrected chi connectivity index (χ2v) is 5.76. The van der Waals surface area contributed by atoms with Crippen molar-refractivity contribution in [3.05, 3.63) is 70.1 Å². The molecule has 28 heavy (non-hydrogen) atoms. The summed E-state index contributed by atoms with van der Waals surface area (Å²) in [6.45, 7) is 1.54. The summed E-state index contributed by atoms with van der Waals surface area (Å²) in [5.74, 6) is 0.262. The van der Waals surface area contributed by atoms with E-state index in [0.717, 1.165) is 12.0 Å². The molecule has 0 aliphatic heterocycles. The van der Waals surface area contributed by atoms with Crippen molar-refractivity contribution in [1.29, 1.82) is 0 Å². The first kappa shape index (κ1) is 19.0. The number of nitro groups is 1. The number of nitro benzene ring substituents is 1. The molecule has 0 aliphatic rings. The number of hydrogen-bond donors (Lipinski definition) is 0. The first-order chi connectivity index (χ1) is 13.5. The van der Waals surface area contributed by atoms with Gasteiger partial charge >= 0.3 is 5.97 Å². The van der Waals surface area contributed by atoms with E-state index >= 15 is 0 Å². The van der Waals surface area contributed by atoms with Gasteiger partial charge in [-0.25, -0.2) is 4.79 Å². The largest absolute Gasteiger partial charge is 0.482 e. The van der Waals surface area contributed by atoms with E-state index in [1.165, 1.54) is 29.8 Å². The molecule has 0 amide bonds. The van der Waals surface area contributed by atoms with Crippen LogP contribution < -0.4 is 4.74 Å². The molecule has 3 aromatic rings. The second kappa shape index (κ2) is 8.76. The third kappa shape index (κ3) is 4.91. The lowest BCUT2D eigenvalue weighted by atomic mass is 10.1. The topological polar surface area (TPSA) is 118 Å². The van der Waals surface area contributed by atoms with E-state index in [4.69, 9.17) is 14.0 Å². The Morgan fingerprint density at radius 1 is 1.14 bits per heavy atom. The summed E-state index contributed by atoms with van der Waals surface area (Å²) in [6, 6.07) is 13.2. The summed E-state index contributed by atoms with van der Waals surface area (Å²) >= 11 is 0. The zero-order valence-corrected chi connectivity index (χ0v) is 15.0. The maximum atomic E-state index is 11.8. The molecule has 0 spiro atoms. The minimum absolute atomic E-state index is 0.0635. The summed E-state index contributed by atoms with van der Waals surface area (Å²) in [6.07, 6.45) is 0.940. The van der Waals surface area contributed by atoms with Gasteiger partial charge in [-0.1, -0.05) is 36.3 Å². The van der Waals surface area contributed by atoms with Crippen LogP contribution in [0.5, 0.6) is 5.75 Å². The summed E-state index contributed by atoms with van der Waals surface area (Å²) < 4.78 is 15.3. The molecule has 0 saturated carbocycles. The highest BCUT2D eigenvalue weighted by molar-refractivity contribution is 5.71. The lowest BCUT2D eigenvalue weighted by Crippen LogP contribution is -2.14. The summed E-state index contributed by atoms with van der Waals surface area (Å²) in [4.78, 5) is 26.0. The lowest BCUT2D eigenvalue weighted by Gasteiger charge is -2.05. The molecule has 9 heteroatoms. The Morgan fingerprint density at radius 2 is 1.86 bits per heavy atom. The molecule has 3 rings (SSSR count). The highest BCUT2D eigenvalue weighted by atomic mass is 16.6. The molecule has 0 unspecified atom stereocenters. The van der Waals surface area contributed by atoms with Crippen LogP contribution in [0.4, 0.5) is 5.69 Å². The number of ether oxygens (including phenoxy) is 2. The Hall–Kier alpha value is -3.75. The smallest absolute Gasteiger partial charge is 0.344 e. The number of benzene rings is 2. The van der Waals surface area contributed by atoms with Gasteiger partial charge in [0, 0.05) is 17.7 Å². The number of aryl methyl sites for hydroxylation is 1. The van der Waals surface area contributed by atoms with Crippen molar-refractivity contribution in [2.45, 2.75) is 20.0 Å². The van der Waals surface area contributed by atoms with Crippen LogP contribution in [0.3, 0.4) is 0 Å². The highest BCUT2D eigenvalue weighted by Gasteiger charge is 2.12. The second-order valence-electron chi connectivity index (χ2n) is 5.76. The van der Waals surface area contributed by atoms with E-state index in [1.807, 2.05) is 24.3 Å². The monoisotopic (exact) mass is 383 g/mol. The molecule has 144 valence electrons. The standard InChI is InChI=1S/C19H17N3O6/c1-2-13-3-5-14(6-4-13)19-20-17(28-21-19)11-27-18(23)12-26-16-9-7-15(8-10-16)22(24)25/h3-10H,2,11-12H2,1H3. The zero-order chi connectivity index (χ0) is 19.9. The maximum Gasteiger partial charge on any atom is 0.344 e. The molecular formula is C19H17N3O6. The fourth-order valence-electron chi connectivity index (χ4n) is 2.31. The van der Waals surface area contributed by atoms with Gasteiger partial charge in [-0.3, -0.25) is 10.1 Å². The predicted octanol–water partition coefficient (Wildman–Crippen LogP) is 3.33. The van der Waals surface area contributed by atoms with Gasteiger partial charge in [-0.05, 0) is 24.1 Å². The SMILES string of the molecule is CCc1ccc(-c2noc(COC(=O)COc3ccc([N+](=O)[O-])cc3)n2)cc1. The summed E-state index contributed by atoms with van der Waals surface area (Å²) in [7, 11) is 0. The maximum absolute atomic E-state index is 11.8. The van der Waals surface area contributed by atoms with Crippen molar-refractivity contribution in [2.24, 2.45) is 0 Å². The van der Waals surface area contributed by atoms with Crippen LogP contribution in [0.15, 0.2) is 53.1 Å². The lowest BCUT2D eigenvalue weighted by molar-refractivity contribution is -0.384. The van der Waals surface area contributed by atoms with E-state index in [0.29, 0.717) is 11.6 Å². The van der Waals surface area contributed by atoms with Crippen LogP contribution in [0.2, 0.25) is 0 Å². The summed E-state index contributed by atoms with van der Waals surface area (Å²) in [5.41, 5.74) is 1.95. The van der Waals surface area contributed by atoms with Crippen LogP contribution in [0.25, 0.3) is 11.4 Å². The number of hydrogen-bond acceptors (Lipinski definition) is 8. The Morgan fingerprint density at radius 3 is 2.50 bits per heavy atom. The molecule has 0 atom stereocenters. The molecule has 0 radical (unpaired) electrons. The summed E-state index contributed by atoms with van der Waals surface area (Å²) in [5, 5.41) is 14.5. The van der Waals surface area contributed by atoms with Crippen LogP contribution in [-0.4, -0.2) is 27.6 Å². The van der Waals surface area contributed by atoms with Gasteiger partial charge in [0.05, 0.1) is 4.92 Å². The Bertz CT molecular complexity index is 951. The molecule has 1 aromatic heterocycles.